The van der Waals surface area contributed by atoms with Gasteiger partial charge in [0.1, 0.15) is 0 Å². The van der Waals surface area contributed by atoms with Crippen molar-refractivity contribution in [1.29, 1.82) is 0 Å². The van der Waals surface area contributed by atoms with E-state index in [-0.39, 0.29) is 12.3 Å². The number of nitrogens with zero attached hydrogens (tertiary/aromatic N) is 1. The molecule has 1 aliphatic rings. The number of carboxylic acid groups (broad SMARTS) is 1. The fraction of sp³-hybridized carbons (Fsp3) is 0.529. The summed E-state index contributed by atoms with van der Waals surface area (Å²) in [6.45, 7) is 0.487. The predicted octanol–water partition coefficient (Wildman–Crippen LogP) is 3.58. The van der Waals surface area contributed by atoms with Crippen LogP contribution in [0.2, 0.25) is 0 Å². The van der Waals surface area contributed by atoms with Crippen molar-refractivity contribution in [3.05, 3.63) is 34.3 Å². The van der Waals surface area contributed by atoms with Gasteiger partial charge in [0.25, 0.3) is 0 Å². The van der Waals surface area contributed by atoms with Crippen LogP contribution in [0.4, 0.5) is 0 Å². The second-order valence-corrected chi connectivity index (χ2v) is 6.94. The van der Waals surface area contributed by atoms with Crippen LogP contribution < -0.4 is 0 Å². The van der Waals surface area contributed by atoms with Gasteiger partial charge in [0.05, 0.1) is 5.41 Å². The summed E-state index contributed by atoms with van der Waals surface area (Å²) in [5.74, 6) is -0.697. The van der Waals surface area contributed by atoms with Gasteiger partial charge < -0.3 is 10.0 Å². The number of hydrogen-bond donors (Lipinski definition) is 1. The van der Waals surface area contributed by atoms with E-state index in [9.17, 15) is 9.59 Å². The quantitative estimate of drug-likeness (QED) is 0.835. The highest BCUT2D eigenvalue weighted by molar-refractivity contribution is 9.10. The van der Waals surface area contributed by atoms with Crippen molar-refractivity contribution >= 4 is 27.8 Å². The number of carboxylic acids is 1. The van der Waals surface area contributed by atoms with Crippen molar-refractivity contribution in [2.24, 2.45) is 0 Å². The molecule has 1 aliphatic carbocycles. The minimum absolute atomic E-state index is 0.0987. The fourth-order valence-corrected chi connectivity index (χ4v) is 3.72. The second kappa shape index (κ2) is 7.27. The number of hydrogen-bond acceptors (Lipinski definition) is 2. The van der Waals surface area contributed by atoms with Crippen molar-refractivity contribution in [2.75, 3.05) is 13.6 Å². The standard InChI is InChI=1S/C17H22BrNO3/c1-19(11-5-8-15(20)21)16(22)17(9-2-3-10-17)13-6-4-7-14(18)12-13/h4,6-7,12H,2-3,5,8-11H2,1H3,(H,20,21). The van der Waals surface area contributed by atoms with E-state index in [0.717, 1.165) is 35.7 Å². The molecule has 0 heterocycles. The Labute approximate surface area is 139 Å². The number of rotatable bonds is 6. The molecule has 4 nitrogen and oxygen atoms in total. The molecule has 0 aliphatic heterocycles. The van der Waals surface area contributed by atoms with Crippen LogP contribution >= 0.6 is 15.9 Å². The predicted molar refractivity (Wildman–Crippen MR) is 88.8 cm³/mol. The summed E-state index contributed by atoms with van der Waals surface area (Å²) < 4.78 is 0.984. The summed E-state index contributed by atoms with van der Waals surface area (Å²) in [6.07, 6.45) is 4.44. The highest BCUT2D eigenvalue weighted by Crippen LogP contribution is 2.43. The lowest BCUT2D eigenvalue weighted by atomic mass is 9.77. The van der Waals surface area contributed by atoms with Crippen LogP contribution in [-0.2, 0) is 15.0 Å². The molecule has 0 unspecified atom stereocenters. The maximum atomic E-state index is 13.0. The Morgan fingerprint density at radius 2 is 2.00 bits per heavy atom. The van der Waals surface area contributed by atoms with E-state index in [1.807, 2.05) is 24.3 Å². The van der Waals surface area contributed by atoms with Crippen LogP contribution in [-0.4, -0.2) is 35.5 Å². The first-order chi connectivity index (χ1) is 10.5. The minimum Gasteiger partial charge on any atom is -0.481 e. The molecule has 22 heavy (non-hydrogen) atoms. The third-order valence-corrected chi connectivity index (χ3v) is 4.97. The number of carbonyl (C=O) groups excluding carboxylic acids is 1. The first-order valence-corrected chi connectivity index (χ1v) is 8.48. The summed E-state index contributed by atoms with van der Waals surface area (Å²) in [4.78, 5) is 25.3. The van der Waals surface area contributed by atoms with Gasteiger partial charge in [0.15, 0.2) is 0 Å². The average Bonchev–Trinajstić information content (AvgIpc) is 2.96. The van der Waals surface area contributed by atoms with E-state index in [4.69, 9.17) is 5.11 Å². The Hall–Kier alpha value is -1.36. The third-order valence-electron chi connectivity index (χ3n) is 4.47. The lowest BCUT2D eigenvalue weighted by molar-refractivity contribution is -0.139. The van der Waals surface area contributed by atoms with Gasteiger partial charge in [-0.1, -0.05) is 40.9 Å². The van der Waals surface area contributed by atoms with Gasteiger partial charge in [0, 0.05) is 24.5 Å². The van der Waals surface area contributed by atoms with Crippen LogP contribution in [0.15, 0.2) is 28.7 Å². The molecule has 1 amide bonds. The van der Waals surface area contributed by atoms with E-state index in [0.29, 0.717) is 13.0 Å². The molecular weight excluding hydrogens is 346 g/mol. The zero-order valence-corrected chi connectivity index (χ0v) is 14.4. The lowest BCUT2D eigenvalue weighted by Crippen LogP contribution is -2.44. The molecule has 0 bridgehead atoms. The van der Waals surface area contributed by atoms with E-state index < -0.39 is 11.4 Å². The Morgan fingerprint density at radius 3 is 2.59 bits per heavy atom. The van der Waals surface area contributed by atoms with Crippen molar-refractivity contribution in [1.82, 2.24) is 4.90 Å². The molecule has 2 rings (SSSR count). The molecule has 1 saturated carbocycles. The summed E-state index contributed by atoms with van der Waals surface area (Å²) in [5.41, 5.74) is 0.622. The second-order valence-electron chi connectivity index (χ2n) is 6.02. The maximum absolute atomic E-state index is 13.0. The number of benzene rings is 1. The van der Waals surface area contributed by atoms with E-state index in [1.54, 1.807) is 11.9 Å². The van der Waals surface area contributed by atoms with Crippen molar-refractivity contribution in [3.63, 3.8) is 0 Å². The molecule has 1 aromatic carbocycles. The molecule has 1 aromatic rings. The van der Waals surface area contributed by atoms with Gasteiger partial charge in [-0.25, -0.2) is 0 Å². The van der Waals surface area contributed by atoms with Gasteiger partial charge in [-0.2, -0.15) is 0 Å². The third kappa shape index (κ3) is 3.69. The molecule has 0 saturated heterocycles. The lowest BCUT2D eigenvalue weighted by Gasteiger charge is -2.33. The normalized spacial score (nSPS) is 16.5. The van der Waals surface area contributed by atoms with Crippen LogP contribution in [0, 0.1) is 0 Å². The largest absolute Gasteiger partial charge is 0.481 e. The highest BCUT2D eigenvalue weighted by atomic mass is 79.9. The zero-order valence-electron chi connectivity index (χ0n) is 12.8. The maximum Gasteiger partial charge on any atom is 0.303 e. The molecule has 0 aromatic heterocycles. The first-order valence-electron chi connectivity index (χ1n) is 7.69. The smallest absolute Gasteiger partial charge is 0.303 e. The zero-order chi connectivity index (χ0) is 16.2. The SMILES string of the molecule is CN(CCCC(=O)O)C(=O)C1(c2cccc(Br)c2)CCCC1. The monoisotopic (exact) mass is 367 g/mol. The minimum atomic E-state index is -0.816. The van der Waals surface area contributed by atoms with Crippen LogP contribution in [0.25, 0.3) is 0 Å². The van der Waals surface area contributed by atoms with Crippen LogP contribution in [0.5, 0.6) is 0 Å². The summed E-state index contributed by atoms with van der Waals surface area (Å²) in [6, 6.07) is 8.00. The summed E-state index contributed by atoms with van der Waals surface area (Å²) in [5, 5.41) is 8.73. The Morgan fingerprint density at radius 1 is 1.32 bits per heavy atom. The van der Waals surface area contributed by atoms with Gasteiger partial charge >= 0.3 is 5.97 Å². The molecule has 5 heteroatoms. The van der Waals surface area contributed by atoms with Gasteiger partial charge in [0.2, 0.25) is 5.91 Å². The van der Waals surface area contributed by atoms with Crippen molar-refractivity contribution in [3.8, 4) is 0 Å². The molecule has 120 valence electrons. The average molecular weight is 368 g/mol. The first kappa shape index (κ1) is 17.0. The Balaban J connectivity index is 2.16. The Kier molecular flexibility index (Phi) is 5.62. The van der Waals surface area contributed by atoms with Crippen molar-refractivity contribution in [2.45, 2.75) is 43.9 Å². The number of aliphatic carboxylic acids is 1. The van der Waals surface area contributed by atoms with Crippen LogP contribution in [0.1, 0.15) is 44.1 Å². The van der Waals surface area contributed by atoms with Crippen molar-refractivity contribution < 1.29 is 14.7 Å². The van der Waals surface area contributed by atoms with E-state index in [1.165, 1.54) is 0 Å². The molecular formula is C17H22BrNO3. The number of carbonyl (C=O) groups is 2. The Bertz CT molecular complexity index is 553. The highest BCUT2D eigenvalue weighted by Gasteiger charge is 2.44. The molecule has 0 spiro atoms. The van der Waals surface area contributed by atoms with E-state index >= 15 is 0 Å². The number of halogens is 1. The van der Waals surface area contributed by atoms with Gasteiger partial charge in [-0.15, -0.1) is 0 Å². The molecule has 0 atom stereocenters. The number of amides is 1. The topological polar surface area (TPSA) is 57.6 Å². The van der Waals surface area contributed by atoms with E-state index in [2.05, 4.69) is 15.9 Å². The summed E-state index contributed by atoms with van der Waals surface area (Å²) in [7, 11) is 1.78. The molecule has 0 radical (unpaired) electrons. The fourth-order valence-electron chi connectivity index (χ4n) is 3.33. The molecule has 1 fully saturated rings. The van der Waals surface area contributed by atoms with Gasteiger partial charge in [-0.05, 0) is 37.0 Å². The molecule has 1 N–H and O–H groups in total. The summed E-state index contributed by atoms with van der Waals surface area (Å²) >= 11 is 3.49. The number of likely N-dealkylation sites (N-methyl/N-ethyl adjacent to an activating group) is 1. The van der Waals surface area contributed by atoms with Crippen LogP contribution in [0.3, 0.4) is 0 Å². The van der Waals surface area contributed by atoms with Gasteiger partial charge in [-0.3, -0.25) is 9.59 Å².